The van der Waals surface area contributed by atoms with Crippen molar-refractivity contribution < 1.29 is 18.0 Å². The molecule has 0 aromatic carbocycles. The maximum atomic E-state index is 12.4. The number of likely N-dealkylation sites (tertiary alicyclic amines) is 1. The molecule has 7 nitrogen and oxygen atoms in total. The Bertz CT molecular complexity index is 590. The third-order valence-corrected chi connectivity index (χ3v) is 5.97. The number of sulfonamides is 1. The predicted molar refractivity (Wildman–Crippen MR) is 87.1 cm³/mol. The van der Waals surface area contributed by atoms with Crippen LogP contribution in [0.4, 0.5) is 0 Å². The number of hydrogen-bond acceptors (Lipinski definition) is 4. The lowest BCUT2D eigenvalue weighted by atomic mass is 9.86. The van der Waals surface area contributed by atoms with Gasteiger partial charge in [-0.15, -0.1) is 0 Å². The lowest BCUT2D eigenvalue weighted by molar-refractivity contribution is -0.135. The lowest BCUT2D eigenvalue weighted by Crippen LogP contribution is -2.46. The van der Waals surface area contributed by atoms with Crippen LogP contribution in [0.5, 0.6) is 0 Å². The summed E-state index contributed by atoms with van der Waals surface area (Å²) in [4.78, 5) is 28.1. The van der Waals surface area contributed by atoms with E-state index in [0.717, 1.165) is 0 Å². The van der Waals surface area contributed by atoms with Crippen LogP contribution in [0, 0.1) is 11.3 Å². The molecular formula is C15H27N3O4S. The molecule has 2 fully saturated rings. The standard InChI is InChI=1S/C15H27N3O4S/c1-5-16-9-15(8-13(16)19)10-17(14(20)12(2)3)6-7-18(11-15)23(4,21)22/h12H,5-11H2,1-4H3/t15-/m0/s1. The molecule has 23 heavy (non-hydrogen) atoms. The van der Waals surface area contributed by atoms with Gasteiger partial charge < -0.3 is 9.80 Å². The summed E-state index contributed by atoms with van der Waals surface area (Å²) in [6, 6.07) is 0. The van der Waals surface area contributed by atoms with Gasteiger partial charge >= 0.3 is 0 Å². The minimum atomic E-state index is -3.36. The maximum Gasteiger partial charge on any atom is 0.225 e. The Labute approximate surface area is 138 Å². The first-order valence-corrected chi connectivity index (χ1v) is 9.94. The van der Waals surface area contributed by atoms with E-state index in [4.69, 9.17) is 0 Å². The van der Waals surface area contributed by atoms with E-state index in [-0.39, 0.29) is 17.7 Å². The molecule has 2 saturated heterocycles. The second-order valence-electron chi connectivity index (χ2n) is 7.10. The van der Waals surface area contributed by atoms with Crippen LogP contribution in [0.3, 0.4) is 0 Å². The van der Waals surface area contributed by atoms with Gasteiger partial charge in [-0.3, -0.25) is 9.59 Å². The zero-order chi connectivity index (χ0) is 17.4. The van der Waals surface area contributed by atoms with Crippen LogP contribution in [-0.2, 0) is 19.6 Å². The monoisotopic (exact) mass is 345 g/mol. The smallest absolute Gasteiger partial charge is 0.225 e. The van der Waals surface area contributed by atoms with Gasteiger partial charge in [0.1, 0.15) is 0 Å². The van der Waals surface area contributed by atoms with Crippen molar-refractivity contribution in [1.29, 1.82) is 0 Å². The average Bonchev–Trinajstić information content (AvgIpc) is 2.63. The van der Waals surface area contributed by atoms with Gasteiger partial charge in [0.2, 0.25) is 21.8 Å². The zero-order valence-corrected chi connectivity index (χ0v) is 15.2. The predicted octanol–water partition coefficient (Wildman–Crippen LogP) is -0.0152. The van der Waals surface area contributed by atoms with Crippen molar-refractivity contribution in [1.82, 2.24) is 14.1 Å². The minimum absolute atomic E-state index is 0.0159. The summed E-state index contributed by atoms with van der Waals surface area (Å²) in [5.41, 5.74) is -0.503. The van der Waals surface area contributed by atoms with Gasteiger partial charge in [-0.2, -0.15) is 4.31 Å². The van der Waals surface area contributed by atoms with E-state index in [1.54, 1.807) is 9.80 Å². The first kappa shape index (κ1) is 18.2. The van der Waals surface area contributed by atoms with Crippen LogP contribution in [-0.4, -0.2) is 79.9 Å². The third kappa shape index (κ3) is 3.85. The first-order chi connectivity index (χ1) is 10.6. The Morgan fingerprint density at radius 1 is 1.22 bits per heavy atom. The number of nitrogens with zero attached hydrogens (tertiary/aromatic N) is 3. The van der Waals surface area contributed by atoms with Crippen molar-refractivity contribution in [2.24, 2.45) is 11.3 Å². The first-order valence-electron chi connectivity index (χ1n) is 8.10. The summed E-state index contributed by atoms with van der Waals surface area (Å²) in [5, 5.41) is 0. The summed E-state index contributed by atoms with van der Waals surface area (Å²) in [7, 11) is -3.36. The van der Waals surface area contributed by atoms with Gasteiger partial charge in [0.25, 0.3) is 0 Å². The van der Waals surface area contributed by atoms with Crippen molar-refractivity contribution in [3.63, 3.8) is 0 Å². The van der Waals surface area contributed by atoms with Gasteiger partial charge in [0, 0.05) is 57.0 Å². The topological polar surface area (TPSA) is 78.0 Å². The fourth-order valence-electron chi connectivity index (χ4n) is 3.54. The fourth-order valence-corrected chi connectivity index (χ4v) is 4.46. The van der Waals surface area contributed by atoms with Gasteiger partial charge in [-0.25, -0.2) is 8.42 Å². The molecular weight excluding hydrogens is 318 g/mol. The number of carbonyl (C=O) groups is 2. The van der Waals surface area contributed by atoms with Crippen molar-refractivity contribution in [2.75, 3.05) is 45.5 Å². The summed E-state index contributed by atoms with van der Waals surface area (Å²) in [6.07, 6.45) is 1.49. The van der Waals surface area contributed by atoms with E-state index in [1.807, 2.05) is 20.8 Å². The number of rotatable bonds is 3. The Kier molecular flexibility index (Phi) is 5.06. The summed E-state index contributed by atoms with van der Waals surface area (Å²) in [5.74, 6) is -0.0851. The van der Waals surface area contributed by atoms with Crippen LogP contribution in [0.2, 0.25) is 0 Å². The van der Waals surface area contributed by atoms with Crippen molar-refractivity contribution in [2.45, 2.75) is 27.2 Å². The van der Waals surface area contributed by atoms with E-state index in [0.29, 0.717) is 45.7 Å². The number of amides is 2. The molecule has 2 rings (SSSR count). The Morgan fingerprint density at radius 2 is 1.87 bits per heavy atom. The Balaban J connectivity index is 2.33. The zero-order valence-electron chi connectivity index (χ0n) is 14.4. The van der Waals surface area contributed by atoms with Crippen LogP contribution >= 0.6 is 0 Å². The second-order valence-corrected chi connectivity index (χ2v) is 9.08. The van der Waals surface area contributed by atoms with Gasteiger partial charge in [0.05, 0.1) is 6.26 Å². The number of carbonyl (C=O) groups excluding carboxylic acids is 2. The Morgan fingerprint density at radius 3 is 2.35 bits per heavy atom. The Hall–Kier alpha value is -1.15. The molecule has 1 spiro atoms. The van der Waals surface area contributed by atoms with Crippen LogP contribution < -0.4 is 0 Å². The fraction of sp³-hybridized carbons (Fsp3) is 0.867. The van der Waals surface area contributed by atoms with Gasteiger partial charge in [-0.1, -0.05) is 13.8 Å². The van der Waals surface area contributed by atoms with Crippen LogP contribution in [0.15, 0.2) is 0 Å². The molecule has 0 aromatic rings. The van der Waals surface area contributed by atoms with Crippen molar-refractivity contribution in [3.05, 3.63) is 0 Å². The molecule has 0 aromatic heterocycles. The second kappa shape index (κ2) is 6.39. The molecule has 2 amide bonds. The highest BCUT2D eigenvalue weighted by molar-refractivity contribution is 7.88. The van der Waals surface area contributed by atoms with Gasteiger partial charge in [0.15, 0.2) is 0 Å². The molecule has 0 N–H and O–H groups in total. The van der Waals surface area contributed by atoms with E-state index < -0.39 is 15.4 Å². The quantitative estimate of drug-likeness (QED) is 0.720. The highest BCUT2D eigenvalue weighted by atomic mass is 32.2. The SMILES string of the molecule is CCN1C[C@@]2(CC1=O)CN(C(=O)C(C)C)CCN(S(C)(=O)=O)C2. The highest BCUT2D eigenvalue weighted by Gasteiger charge is 2.48. The molecule has 0 radical (unpaired) electrons. The van der Waals surface area contributed by atoms with Crippen LogP contribution in [0.1, 0.15) is 27.2 Å². The molecule has 0 bridgehead atoms. The van der Waals surface area contributed by atoms with Gasteiger partial charge in [-0.05, 0) is 6.92 Å². The molecule has 8 heteroatoms. The van der Waals surface area contributed by atoms with E-state index in [2.05, 4.69) is 0 Å². The molecule has 2 aliphatic rings. The van der Waals surface area contributed by atoms with E-state index in [1.165, 1.54) is 10.6 Å². The van der Waals surface area contributed by atoms with E-state index in [9.17, 15) is 18.0 Å². The maximum absolute atomic E-state index is 12.4. The normalized spacial score (nSPS) is 27.1. The molecule has 132 valence electrons. The summed E-state index contributed by atoms with van der Waals surface area (Å²) >= 11 is 0. The summed E-state index contributed by atoms with van der Waals surface area (Å²) in [6.45, 7) is 8.13. The molecule has 0 aliphatic carbocycles. The van der Waals surface area contributed by atoms with Crippen molar-refractivity contribution in [3.8, 4) is 0 Å². The molecule has 2 aliphatic heterocycles. The molecule has 2 heterocycles. The number of hydrogen-bond donors (Lipinski definition) is 0. The van der Waals surface area contributed by atoms with E-state index >= 15 is 0 Å². The third-order valence-electron chi connectivity index (χ3n) is 4.72. The lowest BCUT2D eigenvalue weighted by Gasteiger charge is -2.33. The largest absolute Gasteiger partial charge is 0.342 e. The molecule has 0 unspecified atom stereocenters. The molecule has 1 atom stereocenters. The van der Waals surface area contributed by atoms with Crippen LogP contribution in [0.25, 0.3) is 0 Å². The average molecular weight is 345 g/mol. The minimum Gasteiger partial charge on any atom is -0.342 e. The highest BCUT2D eigenvalue weighted by Crippen LogP contribution is 2.35. The van der Waals surface area contributed by atoms with Crippen molar-refractivity contribution >= 4 is 21.8 Å². The molecule has 0 saturated carbocycles. The summed E-state index contributed by atoms with van der Waals surface area (Å²) < 4.78 is 25.5.